The number of amides is 2. The van der Waals surface area contributed by atoms with Gasteiger partial charge < -0.3 is 19.8 Å². The maximum absolute atomic E-state index is 12.3. The number of anilines is 1. The molecule has 0 bridgehead atoms. The van der Waals surface area contributed by atoms with E-state index in [0.717, 1.165) is 18.4 Å². The van der Waals surface area contributed by atoms with E-state index >= 15 is 0 Å². The van der Waals surface area contributed by atoms with Crippen LogP contribution in [0.3, 0.4) is 0 Å². The summed E-state index contributed by atoms with van der Waals surface area (Å²) >= 11 is 0. The van der Waals surface area contributed by atoms with Gasteiger partial charge >= 0.3 is 6.03 Å². The second-order valence-corrected chi connectivity index (χ2v) is 6.27. The minimum Gasteiger partial charge on any atom is -0.395 e. The Labute approximate surface area is 140 Å². The molecule has 1 heterocycles. The van der Waals surface area contributed by atoms with E-state index < -0.39 is 0 Å². The third kappa shape index (κ3) is 3.73. The highest BCUT2D eigenvalue weighted by Gasteiger charge is 2.32. The number of rotatable bonds is 6. The molecule has 0 unspecified atom stereocenters. The number of aliphatic hydroxyl groups is 1. The van der Waals surface area contributed by atoms with Crippen LogP contribution in [-0.2, 0) is 0 Å². The van der Waals surface area contributed by atoms with Gasteiger partial charge in [-0.25, -0.2) is 4.79 Å². The number of aliphatic hydroxyl groups excluding tert-OH is 1. The molecular formula is C17H22N4O3. The molecule has 24 heavy (non-hydrogen) atoms. The van der Waals surface area contributed by atoms with Crippen LogP contribution in [0.5, 0.6) is 0 Å². The molecule has 2 aromatic rings. The molecule has 7 nitrogen and oxygen atoms in total. The van der Waals surface area contributed by atoms with E-state index in [1.807, 2.05) is 26.0 Å². The average molecular weight is 330 g/mol. The topological polar surface area (TPSA) is 91.5 Å². The predicted molar refractivity (Wildman–Crippen MR) is 89.7 cm³/mol. The van der Waals surface area contributed by atoms with Gasteiger partial charge in [0.05, 0.1) is 6.61 Å². The fourth-order valence-electron chi connectivity index (χ4n) is 2.42. The number of aromatic nitrogens is 2. The molecule has 2 amide bonds. The van der Waals surface area contributed by atoms with Crippen molar-refractivity contribution in [1.82, 2.24) is 15.0 Å². The molecule has 0 spiro atoms. The van der Waals surface area contributed by atoms with Gasteiger partial charge in [-0.3, -0.25) is 0 Å². The van der Waals surface area contributed by atoms with Gasteiger partial charge in [-0.15, -0.1) is 0 Å². The molecular weight excluding hydrogens is 308 g/mol. The fourth-order valence-corrected chi connectivity index (χ4v) is 2.42. The zero-order valence-corrected chi connectivity index (χ0v) is 13.9. The first-order valence-electron chi connectivity index (χ1n) is 8.21. The van der Waals surface area contributed by atoms with Crippen molar-refractivity contribution < 1.29 is 14.4 Å². The SMILES string of the molecule is CC(C)c1noc(-c2ccc(NC(=O)N(CCO)C3CC3)cc2)n1. The molecule has 128 valence electrons. The third-order valence-electron chi connectivity index (χ3n) is 3.93. The Morgan fingerprint density at radius 1 is 1.38 bits per heavy atom. The molecule has 1 saturated carbocycles. The van der Waals surface area contributed by atoms with Crippen LogP contribution in [0.15, 0.2) is 28.8 Å². The average Bonchev–Trinajstić information content (AvgIpc) is 3.28. The number of hydrogen-bond donors (Lipinski definition) is 2. The Morgan fingerprint density at radius 3 is 2.62 bits per heavy atom. The second kappa shape index (κ2) is 7.00. The minimum absolute atomic E-state index is 0.0296. The molecule has 1 aliphatic carbocycles. The van der Waals surface area contributed by atoms with E-state index in [0.29, 0.717) is 23.9 Å². The normalized spacial score (nSPS) is 14.0. The van der Waals surface area contributed by atoms with Gasteiger partial charge in [-0.2, -0.15) is 4.98 Å². The van der Waals surface area contributed by atoms with Crippen LogP contribution in [0.2, 0.25) is 0 Å². The number of hydrogen-bond acceptors (Lipinski definition) is 5. The van der Waals surface area contributed by atoms with Crippen LogP contribution < -0.4 is 5.32 Å². The Balaban J connectivity index is 1.66. The lowest BCUT2D eigenvalue weighted by Gasteiger charge is -2.21. The summed E-state index contributed by atoms with van der Waals surface area (Å²) in [5, 5.41) is 15.9. The molecule has 0 radical (unpaired) electrons. The van der Waals surface area contributed by atoms with E-state index in [2.05, 4.69) is 15.5 Å². The quantitative estimate of drug-likeness (QED) is 0.850. The summed E-state index contributed by atoms with van der Waals surface area (Å²) in [6.07, 6.45) is 2.00. The maximum atomic E-state index is 12.3. The van der Waals surface area contributed by atoms with E-state index in [1.54, 1.807) is 17.0 Å². The fraction of sp³-hybridized carbons (Fsp3) is 0.471. The van der Waals surface area contributed by atoms with Gasteiger partial charge in [-0.1, -0.05) is 19.0 Å². The van der Waals surface area contributed by atoms with Crippen LogP contribution >= 0.6 is 0 Å². The molecule has 1 fully saturated rings. The molecule has 0 aliphatic heterocycles. The first-order chi connectivity index (χ1) is 11.6. The first kappa shape index (κ1) is 16.4. The van der Waals surface area contributed by atoms with Crippen LogP contribution in [0.1, 0.15) is 38.4 Å². The van der Waals surface area contributed by atoms with Crippen molar-refractivity contribution in [2.24, 2.45) is 0 Å². The highest BCUT2D eigenvalue weighted by atomic mass is 16.5. The summed E-state index contributed by atoms with van der Waals surface area (Å²) in [5.74, 6) is 1.35. The van der Waals surface area contributed by atoms with Crippen molar-refractivity contribution >= 4 is 11.7 Å². The lowest BCUT2D eigenvalue weighted by Crippen LogP contribution is -2.38. The number of carbonyl (C=O) groups is 1. The summed E-state index contributed by atoms with van der Waals surface area (Å²) < 4.78 is 5.26. The third-order valence-corrected chi connectivity index (χ3v) is 3.93. The zero-order chi connectivity index (χ0) is 17.1. The molecule has 1 aliphatic rings. The Kier molecular flexibility index (Phi) is 4.80. The molecule has 0 atom stereocenters. The second-order valence-electron chi connectivity index (χ2n) is 6.27. The van der Waals surface area contributed by atoms with Crippen LogP contribution in [-0.4, -0.2) is 45.4 Å². The minimum atomic E-state index is -0.181. The van der Waals surface area contributed by atoms with Crippen molar-refractivity contribution in [2.75, 3.05) is 18.5 Å². The monoisotopic (exact) mass is 330 g/mol. The number of benzene rings is 1. The molecule has 1 aromatic heterocycles. The van der Waals surface area contributed by atoms with Gasteiger partial charge in [0.25, 0.3) is 5.89 Å². The standard InChI is InChI=1S/C17H22N4O3/c1-11(2)15-19-16(24-20-15)12-3-5-13(6-4-12)18-17(23)21(9-10-22)14-7-8-14/h3-6,11,14,22H,7-10H2,1-2H3,(H,18,23). The Hall–Kier alpha value is -2.41. The van der Waals surface area contributed by atoms with Crippen molar-refractivity contribution in [3.8, 4) is 11.5 Å². The molecule has 1 aromatic carbocycles. The van der Waals surface area contributed by atoms with Crippen LogP contribution in [0.25, 0.3) is 11.5 Å². The highest BCUT2D eigenvalue weighted by molar-refractivity contribution is 5.90. The summed E-state index contributed by atoms with van der Waals surface area (Å²) in [6.45, 7) is 4.34. The molecule has 0 saturated heterocycles. The summed E-state index contributed by atoms with van der Waals surface area (Å²) in [4.78, 5) is 18.3. The molecule has 2 N–H and O–H groups in total. The molecule has 7 heteroatoms. The van der Waals surface area contributed by atoms with Gasteiger partial charge in [-0.05, 0) is 37.1 Å². The highest BCUT2D eigenvalue weighted by Crippen LogP contribution is 2.27. The smallest absolute Gasteiger partial charge is 0.322 e. The van der Waals surface area contributed by atoms with Gasteiger partial charge in [0, 0.05) is 29.8 Å². The van der Waals surface area contributed by atoms with Crippen molar-refractivity contribution in [1.29, 1.82) is 0 Å². The number of carbonyl (C=O) groups excluding carboxylic acids is 1. The van der Waals surface area contributed by atoms with Gasteiger partial charge in [0.15, 0.2) is 5.82 Å². The summed E-state index contributed by atoms with van der Waals surface area (Å²) in [7, 11) is 0. The largest absolute Gasteiger partial charge is 0.395 e. The van der Waals surface area contributed by atoms with E-state index in [-0.39, 0.29) is 24.6 Å². The summed E-state index contributed by atoms with van der Waals surface area (Å²) in [5.41, 5.74) is 1.50. The van der Waals surface area contributed by atoms with Crippen molar-refractivity contribution in [3.05, 3.63) is 30.1 Å². The lowest BCUT2D eigenvalue weighted by atomic mass is 10.2. The van der Waals surface area contributed by atoms with E-state index in [1.165, 1.54) is 0 Å². The van der Waals surface area contributed by atoms with Gasteiger partial charge in [0.1, 0.15) is 0 Å². The predicted octanol–water partition coefficient (Wildman–Crippen LogP) is 2.85. The lowest BCUT2D eigenvalue weighted by molar-refractivity contribution is 0.185. The number of nitrogens with one attached hydrogen (secondary N) is 1. The number of urea groups is 1. The Morgan fingerprint density at radius 2 is 2.08 bits per heavy atom. The van der Waals surface area contributed by atoms with Crippen molar-refractivity contribution in [3.63, 3.8) is 0 Å². The maximum Gasteiger partial charge on any atom is 0.322 e. The van der Waals surface area contributed by atoms with Crippen molar-refractivity contribution in [2.45, 2.75) is 38.6 Å². The van der Waals surface area contributed by atoms with Crippen LogP contribution in [0.4, 0.5) is 10.5 Å². The van der Waals surface area contributed by atoms with Gasteiger partial charge in [0.2, 0.25) is 0 Å². The Bertz CT molecular complexity index is 692. The first-order valence-corrected chi connectivity index (χ1v) is 8.21. The number of nitrogens with zero attached hydrogens (tertiary/aromatic N) is 3. The summed E-state index contributed by atoms with van der Waals surface area (Å²) in [6, 6.07) is 7.34. The van der Waals surface area contributed by atoms with Crippen LogP contribution in [0, 0.1) is 0 Å². The van der Waals surface area contributed by atoms with E-state index in [9.17, 15) is 4.79 Å². The zero-order valence-electron chi connectivity index (χ0n) is 13.9. The van der Waals surface area contributed by atoms with E-state index in [4.69, 9.17) is 9.63 Å². The molecule has 3 rings (SSSR count).